The van der Waals surface area contributed by atoms with Crippen LogP contribution in [0.3, 0.4) is 0 Å². The van der Waals surface area contributed by atoms with E-state index in [0.29, 0.717) is 20.7 Å². The van der Waals surface area contributed by atoms with Crippen LogP contribution in [0.15, 0.2) is 11.1 Å². The van der Waals surface area contributed by atoms with Gasteiger partial charge in [0.15, 0.2) is 0 Å². The molecule has 2 amide bonds. The van der Waals surface area contributed by atoms with Crippen molar-refractivity contribution in [1.29, 1.82) is 0 Å². The smallest absolute Gasteiger partial charge is 0.280 e. The fraction of sp³-hybridized carbons (Fsp3) is 0.385. The lowest BCUT2D eigenvalue weighted by atomic mass is 10.2. The molecule has 110 valence electrons. The van der Waals surface area contributed by atoms with Gasteiger partial charge in [0, 0.05) is 13.0 Å². The van der Waals surface area contributed by atoms with Crippen LogP contribution in [0.4, 0.5) is 0 Å². The van der Waals surface area contributed by atoms with Crippen LogP contribution < -0.4 is 16.4 Å². The molecular weight excluding hydrogens is 292 g/mol. The van der Waals surface area contributed by atoms with Crippen LogP contribution in [0.5, 0.6) is 0 Å². The summed E-state index contributed by atoms with van der Waals surface area (Å²) in [5.41, 5.74) is 5.20. The number of nitrogens with zero attached hydrogens (tertiary/aromatic N) is 2. The van der Waals surface area contributed by atoms with Gasteiger partial charge in [0.05, 0.1) is 16.6 Å². The monoisotopic (exact) mass is 306 g/mol. The third kappa shape index (κ3) is 2.42. The summed E-state index contributed by atoms with van der Waals surface area (Å²) in [6.07, 6.45) is 3.16. The van der Waals surface area contributed by atoms with Crippen LogP contribution >= 0.6 is 11.3 Å². The van der Waals surface area contributed by atoms with E-state index < -0.39 is 5.91 Å². The van der Waals surface area contributed by atoms with Gasteiger partial charge in [0.25, 0.3) is 11.5 Å². The summed E-state index contributed by atoms with van der Waals surface area (Å²) in [4.78, 5) is 40.8. The van der Waals surface area contributed by atoms with Gasteiger partial charge in [0.1, 0.15) is 4.83 Å². The highest BCUT2D eigenvalue weighted by atomic mass is 32.1. The molecule has 3 rings (SSSR count). The van der Waals surface area contributed by atoms with Gasteiger partial charge in [-0.25, -0.2) is 4.98 Å². The number of nitrogens with one attached hydrogen (secondary N) is 2. The third-order valence-electron chi connectivity index (χ3n) is 3.46. The molecule has 0 aromatic carbocycles. The minimum absolute atomic E-state index is 0.0164. The highest BCUT2D eigenvalue weighted by Gasteiger charge is 2.30. The summed E-state index contributed by atoms with van der Waals surface area (Å²) < 4.78 is 1.37. The van der Waals surface area contributed by atoms with Crippen molar-refractivity contribution in [2.24, 2.45) is 13.0 Å². The molecule has 2 N–H and O–H groups in total. The van der Waals surface area contributed by atoms with Crippen molar-refractivity contribution >= 4 is 33.4 Å². The Morgan fingerprint density at radius 2 is 2.10 bits per heavy atom. The van der Waals surface area contributed by atoms with Crippen LogP contribution in [0.2, 0.25) is 0 Å². The third-order valence-corrected chi connectivity index (χ3v) is 4.66. The van der Waals surface area contributed by atoms with Crippen molar-refractivity contribution in [3.63, 3.8) is 0 Å². The van der Waals surface area contributed by atoms with E-state index in [-0.39, 0.29) is 17.4 Å². The lowest BCUT2D eigenvalue weighted by Crippen LogP contribution is -2.42. The van der Waals surface area contributed by atoms with Gasteiger partial charge in [-0.1, -0.05) is 0 Å². The average molecular weight is 306 g/mol. The van der Waals surface area contributed by atoms with Crippen molar-refractivity contribution in [2.75, 3.05) is 0 Å². The molecule has 1 saturated carbocycles. The molecule has 0 spiro atoms. The maximum Gasteiger partial charge on any atom is 0.280 e. The molecule has 0 aliphatic heterocycles. The number of aryl methyl sites for hydroxylation is 2. The van der Waals surface area contributed by atoms with Crippen LogP contribution in [0.1, 0.15) is 28.1 Å². The molecule has 21 heavy (non-hydrogen) atoms. The molecule has 8 heteroatoms. The van der Waals surface area contributed by atoms with Crippen molar-refractivity contribution in [3.8, 4) is 0 Å². The van der Waals surface area contributed by atoms with Crippen molar-refractivity contribution in [2.45, 2.75) is 19.8 Å². The second-order valence-electron chi connectivity index (χ2n) is 5.11. The predicted octanol–water partition coefficient (Wildman–Crippen LogP) is 0.474. The number of hydrogen-bond donors (Lipinski definition) is 2. The van der Waals surface area contributed by atoms with E-state index in [4.69, 9.17) is 0 Å². The van der Waals surface area contributed by atoms with Crippen LogP contribution in [0, 0.1) is 12.8 Å². The highest BCUT2D eigenvalue weighted by Crippen LogP contribution is 2.29. The zero-order valence-corrected chi connectivity index (χ0v) is 12.4. The quantitative estimate of drug-likeness (QED) is 0.789. The Kier molecular flexibility index (Phi) is 3.25. The Morgan fingerprint density at radius 3 is 2.76 bits per heavy atom. The maximum absolute atomic E-state index is 12.1. The normalized spacial score (nSPS) is 14.2. The van der Waals surface area contributed by atoms with Gasteiger partial charge in [-0.05, 0) is 25.3 Å². The first-order valence-corrected chi connectivity index (χ1v) is 7.35. The number of amides is 2. The predicted molar refractivity (Wildman–Crippen MR) is 77.9 cm³/mol. The number of carbonyl (C=O) groups is 2. The highest BCUT2D eigenvalue weighted by molar-refractivity contribution is 7.20. The lowest BCUT2D eigenvalue weighted by molar-refractivity contribution is -0.123. The number of hydrogen-bond acceptors (Lipinski definition) is 5. The van der Waals surface area contributed by atoms with E-state index in [0.717, 1.165) is 24.2 Å². The number of aromatic nitrogens is 2. The summed E-state index contributed by atoms with van der Waals surface area (Å²) in [5, 5.41) is 0.448. The summed E-state index contributed by atoms with van der Waals surface area (Å²) in [6.45, 7) is 1.71. The van der Waals surface area contributed by atoms with Crippen LogP contribution in [-0.2, 0) is 11.8 Å². The van der Waals surface area contributed by atoms with Gasteiger partial charge in [-0.3, -0.25) is 25.2 Å². The molecule has 1 aliphatic carbocycles. The molecule has 2 heterocycles. The van der Waals surface area contributed by atoms with Gasteiger partial charge >= 0.3 is 0 Å². The molecule has 2 aromatic heterocycles. The minimum Gasteiger partial charge on any atom is -0.302 e. The van der Waals surface area contributed by atoms with Crippen LogP contribution in [0.25, 0.3) is 10.2 Å². The first-order chi connectivity index (χ1) is 9.99. The fourth-order valence-corrected chi connectivity index (χ4v) is 3.08. The molecule has 2 aromatic rings. The van der Waals surface area contributed by atoms with Gasteiger partial charge in [0.2, 0.25) is 5.91 Å². The fourth-order valence-electron chi connectivity index (χ4n) is 2.05. The molecule has 1 aliphatic rings. The van der Waals surface area contributed by atoms with Gasteiger partial charge in [-0.2, -0.15) is 0 Å². The summed E-state index contributed by atoms with van der Waals surface area (Å²) in [5.74, 6) is -0.578. The van der Waals surface area contributed by atoms with E-state index in [1.54, 1.807) is 14.0 Å². The first kappa shape index (κ1) is 13.7. The summed E-state index contributed by atoms with van der Waals surface area (Å²) in [7, 11) is 1.61. The minimum atomic E-state index is -0.424. The number of carbonyl (C=O) groups excluding carboxylic acids is 2. The van der Waals surface area contributed by atoms with Crippen LogP contribution in [-0.4, -0.2) is 21.4 Å². The SMILES string of the molecule is Cc1c(C(=O)NNC(=O)C2CC2)sc2ncn(C)c(=O)c12. The van der Waals surface area contributed by atoms with E-state index in [1.165, 1.54) is 10.9 Å². The molecule has 0 unspecified atom stereocenters. The Labute approximate surface area is 124 Å². The molecule has 0 saturated heterocycles. The van der Waals surface area contributed by atoms with Crippen molar-refractivity contribution in [3.05, 3.63) is 27.1 Å². The van der Waals surface area contributed by atoms with Gasteiger partial charge in [-0.15, -0.1) is 11.3 Å². The molecule has 0 radical (unpaired) electrons. The second kappa shape index (κ2) is 4.96. The largest absolute Gasteiger partial charge is 0.302 e. The van der Waals surface area contributed by atoms with Crippen molar-refractivity contribution in [1.82, 2.24) is 20.4 Å². The number of fused-ring (bicyclic) bond motifs is 1. The summed E-state index contributed by atoms with van der Waals surface area (Å²) in [6, 6.07) is 0. The van der Waals surface area contributed by atoms with E-state index in [9.17, 15) is 14.4 Å². The maximum atomic E-state index is 12.1. The standard InChI is InChI=1S/C13H14N4O3S/c1-6-8-12(14-5-17(2)13(8)20)21-9(6)11(19)16-15-10(18)7-3-4-7/h5,7H,3-4H2,1-2H3,(H,15,18)(H,16,19). The van der Waals surface area contributed by atoms with E-state index >= 15 is 0 Å². The Morgan fingerprint density at radius 1 is 1.38 bits per heavy atom. The Bertz CT molecular complexity index is 804. The Hall–Kier alpha value is -2.22. The lowest BCUT2D eigenvalue weighted by Gasteiger charge is -2.05. The number of rotatable bonds is 2. The van der Waals surface area contributed by atoms with E-state index in [2.05, 4.69) is 15.8 Å². The molecular formula is C13H14N4O3S. The van der Waals surface area contributed by atoms with E-state index in [1.807, 2.05) is 0 Å². The zero-order valence-electron chi connectivity index (χ0n) is 11.6. The average Bonchev–Trinajstić information content (AvgIpc) is 3.25. The molecule has 7 nitrogen and oxygen atoms in total. The zero-order chi connectivity index (χ0) is 15.1. The topological polar surface area (TPSA) is 93.1 Å². The Balaban J connectivity index is 1.87. The molecule has 0 bridgehead atoms. The first-order valence-electron chi connectivity index (χ1n) is 6.54. The molecule has 0 atom stereocenters. The second-order valence-corrected chi connectivity index (χ2v) is 6.11. The number of hydrazine groups is 1. The molecule has 1 fully saturated rings. The summed E-state index contributed by atoms with van der Waals surface area (Å²) >= 11 is 1.14. The number of thiophene rings is 1. The van der Waals surface area contributed by atoms with Crippen molar-refractivity contribution < 1.29 is 9.59 Å². The van der Waals surface area contributed by atoms with Gasteiger partial charge < -0.3 is 4.57 Å².